The molecule has 2 atom stereocenters. The maximum absolute atomic E-state index is 12.5. The van der Waals surface area contributed by atoms with Crippen LogP contribution in [0.4, 0.5) is 4.79 Å². The van der Waals surface area contributed by atoms with Gasteiger partial charge in [0.1, 0.15) is 6.04 Å². The average molecular weight is 424 g/mol. The van der Waals surface area contributed by atoms with E-state index in [4.69, 9.17) is 4.74 Å². The number of carbonyl (C=O) groups excluding carboxylic acids is 4. The largest absolute Gasteiger partial charge is 0.451 e. The maximum Gasteiger partial charge on any atom is 0.329 e. The molecule has 0 saturated heterocycles. The van der Waals surface area contributed by atoms with E-state index < -0.39 is 36.0 Å². The van der Waals surface area contributed by atoms with E-state index >= 15 is 0 Å². The van der Waals surface area contributed by atoms with Gasteiger partial charge in [0.15, 0.2) is 6.10 Å². The third-order valence-electron chi connectivity index (χ3n) is 3.80. The Morgan fingerprint density at radius 3 is 2.38 bits per heavy atom. The number of imide groups is 1. The van der Waals surface area contributed by atoms with Crippen LogP contribution in [0.1, 0.15) is 43.1 Å². The number of ether oxygens (including phenoxy) is 1. The Balaban J connectivity index is 2.73. The van der Waals surface area contributed by atoms with Gasteiger partial charge in [0.05, 0.1) is 0 Å². The van der Waals surface area contributed by atoms with Crippen molar-refractivity contribution >= 4 is 35.6 Å². The van der Waals surface area contributed by atoms with Gasteiger partial charge in [0, 0.05) is 11.6 Å². The zero-order valence-corrected chi connectivity index (χ0v) is 18.2. The normalized spacial score (nSPS) is 12.6. The lowest BCUT2D eigenvalue weighted by Gasteiger charge is -2.20. The van der Waals surface area contributed by atoms with Gasteiger partial charge in [-0.2, -0.15) is 11.8 Å². The van der Waals surface area contributed by atoms with Crippen molar-refractivity contribution in [2.45, 2.75) is 52.3 Å². The van der Waals surface area contributed by atoms with Crippen LogP contribution in [0.3, 0.4) is 0 Å². The SMILES string of the molecule is CSCC[C@H](NC(=O)c1cccc(C)c1)C(=O)O[C@H](C)C(=O)NC(=O)NC(C)C. The van der Waals surface area contributed by atoms with Gasteiger partial charge in [-0.3, -0.25) is 14.9 Å². The zero-order chi connectivity index (χ0) is 22.0. The van der Waals surface area contributed by atoms with E-state index in [-0.39, 0.29) is 6.04 Å². The second-order valence-corrected chi connectivity index (χ2v) is 7.86. The number of thioether (sulfide) groups is 1. The number of nitrogens with one attached hydrogen (secondary N) is 3. The van der Waals surface area contributed by atoms with Crippen LogP contribution in [-0.4, -0.2) is 54.0 Å². The fourth-order valence-corrected chi connectivity index (χ4v) is 2.81. The van der Waals surface area contributed by atoms with E-state index in [9.17, 15) is 19.2 Å². The number of hydrogen-bond acceptors (Lipinski definition) is 6. The molecule has 0 saturated carbocycles. The summed E-state index contributed by atoms with van der Waals surface area (Å²) in [4.78, 5) is 48.7. The summed E-state index contributed by atoms with van der Waals surface area (Å²) in [5.41, 5.74) is 1.36. The molecule has 0 unspecified atom stereocenters. The fourth-order valence-electron chi connectivity index (χ4n) is 2.33. The summed E-state index contributed by atoms with van der Waals surface area (Å²) in [5, 5.41) is 7.29. The minimum absolute atomic E-state index is 0.145. The van der Waals surface area contributed by atoms with Crippen LogP contribution in [0.2, 0.25) is 0 Å². The minimum atomic E-state index is -1.19. The molecule has 0 bridgehead atoms. The summed E-state index contributed by atoms with van der Waals surface area (Å²) in [7, 11) is 0. The van der Waals surface area contributed by atoms with Crippen molar-refractivity contribution in [3.63, 3.8) is 0 Å². The fraction of sp³-hybridized carbons (Fsp3) is 0.500. The molecule has 0 aliphatic carbocycles. The molecule has 3 N–H and O–H groups in total. The van der Waals surface area contributed by atoms with Crippen molar-refractivity contribution in [1.29, 1.82) is 0 Å². The second kappa shape index (κ2) is 12.1. The van der Waals surface area contributed by atoms with Gasteiger partial charge in [-0.25, -0.2) is 9.59 Å². The number of urea groups is 1. The molecule has 8 nitrogen and oxygen atoms in total. The molecule has 0 aliphatic heterocycles. The van der Waals surface area contributed by atoms with Gasteiger partial charge in [-0.1, -0.05) is 17.7 Å². The predicted octanol–water partition coefficient (Wildman–Crippen LogP) is 2.01. The van der Waals surface area contributed by atoms with Crippen molar-refractivity contribution in [2.24, 2.45) is 0 Å². The zero-order valence-electron chi connectivity index (χ0n) is 17.4. The van der Waals surface area contributed by atoms with Crippen LogP contribution in [0.5, 0.6) is 0 Å². The highest BCUT2D eigenvalue weighted by Crippen LogP contribution is 2.08. The second-order valence-electron chi connectivity index (χ2n) is 6.87. The van der Waals surface area contributed by atoms with Crippen molar-refractivity contribution in [2.75, 3.05) is 12.0 Å². The monoisotopic (exact) mass is 423 g/mol. The highest BCUT2D eigenvalue weighted by atomic mass is 32.2. The molecule has 29 heavy (non-hydrogen) atoms. The predicted molar refractivity (Wildman–Crippen MR) is 113 cm³/mol. The highest BCUT2D eigenvalue weighted by molar-refractivity contribution is 7.98. The molecule has 160 valence electrons. The van der Waals surface area contributed by atoms with Crippen molar-refractivity contribution in [3.8, 4) is 0 Å². The Morgan fingerprint density at radius 1 is 1.10 bits per heavy atom. The molecule has 1 rings (SSSR count). The summed E-state index contributed by atoms with van der Waals surface area (Å²) < 4.78 is 5.18. The van der Waals surface area contributed by atoms with Gasteiger partial charge in [-0.15, -0.1) is 0 Å². The smallest absolute Gasteiger partial charge is 0.329 e. The summed E-state index contributed by atoms with van der Waals surface area (Å²) in [6.07, 6.45) is 1.04. The lowest BCUT2D eigenvalue weighted by Crippen LogP contribution is -2.48. The Labute approximate surface area is 175 Å². The number of benzene rings is 1. The van der Waals surface area contributed by atoms with Crippen LogP contribution >= 0.6 is 11.8 Å². The average Bonchev–Trinajstić information content (AvgIpc) is 2.63. The first kappa shape index (κ1) is 24.5. The summed E-state index contributed by atoms with van der Waals surface area (Å²) in [5.74, 6) is -1.26. The van der Waals surface area contributed by atoms with Gasteiger partial charge >= 0.3 is 12.0 Å². The molecular weight excluding hydrogens is 394 g/mol. The molecule has 0 radical (unpaired) electrons. The molecule has 4 amide bonds. The Kier molecular flexibility index (Phi) is 10.2. The quantitative estimate of drug-likeness (QED) is 0.524. The summed E-state index contributed by atoms with van der Waals surface area (Å²) in [6, 6.07) is 5.28. The van der Waals surface area contributed by atoms with Crippen LogP contribution in [0, 0.1) is 6.92 Å². The van der Waals surface area contributed by atoms with E-state index in [2.05, 4.69) is 16.0 Å². The van der Waals surface area contributed by atoms with Crippen molar-refractivity contribution in [3.05, 3.63) is 35.4 Å². The maximum atomic E-state index is 12.5. The molecule has 0 aliphatic rings. The number of aryl methyl sites for hydroxylation is 1. The molecule has 0 fully saturated rings. The lowest BCUT2D eigenvalue weighted by atomic mass is 10.1. The number of rotatable bonds is 9. The molecule has 0 spiro atoms. The molecular formula is C20H29N3O5S. The number of amides is 4. The van der Waals surface area contributed by atoms with E-state index in [1.54, 1.807) is 32.0 Å². The Morgan fingerprint density at radius 2 is 1.79 bits per heavy atom. The van der Waals surface area contributed by atoms with Crippen LogP contribution in [0.15, 0.2) is 24.3 Å². The van der Waals surface area contributed by atoms with E-state index in [1.165, 1.54) is 18.7 Å². The van der Waals surface area contributed by atoms with E-state index in [0.717, 1.165) is 5.56 Å². The van der Waals surface area contributed by atoms with E-state index in [0.29, 0.717) is 17.7 Å². The first-order valence-electron chi connectivity index (χ1n) is 9.32. The minimum Gasteiger partial charge on any atom is -0.451 e. The third-order valence-corrected chi connectivity index (χ3v) is 4.44. The Bertz CT molecular complexity index is 739. The molecule has 9 heteroatoms. The van der Waals surface area contributed by atoms with Crippen LogP contribution in [-0.2, 0) is 14.3 Å². The summed E-state index contributed by atoms with van der Waals surface area (Å²) >= 11 is 1.52. The highest BCUT2D eigenvalue weighted by Gasteiger charge is 2.27. The van der Waals surface area contributed by atoms with Gasteiger partial charge < -0.3 is 15.4 Å². The number of carbonyl (C=O) groups is 4. The van der Waals surface area contributed by atoms with Crippen molar-refractivity contribution in [1.82, 2.24) is 16.0 Å². The molecule has 1 aromatic carbocycles. The summed E-state index contributed by atoms with van der Waals surface area (Å²) in [6.45, 7) is 6.73. The third kappa shape index (κ3) is 8.99. The Hall–Kier alpha value is -2.55. The van der Waals surface area contributed by atoms with Gasteiger partial charge in [0.25, 0.3) is 11.8 Å². The van der Waals surface area contributed by atoms with E-state index in [1.807, 2.05) is 19.2 Å². The lowest BCUT2D eigenvalue weighted by molar-refractivity contribution is -0.156. The van der Waals surface area contributed by atoms with Crippen LogP contribution in [0.25, 0.3) is 0 Å². The van der Waals surface area contributed by atoms with Gasteiger partial charge in [-0.05, 0) is 58.3 Å². The number of hydrogen-bond donors (Lipinski definition) is 3. The van der Waals surface area contributed by atoms with Crippen molar-refractivity contribution < 1.29 is 23.9 Å². The first-order chi connectivity index (χ1) is 13.6. The molecule has 1 aromatic rings. The molecule has 0 heterocycles. The topological polar surface area (TPSA) is 114 Å². The van der Waals surface area contributed by atoms with Crippen LogP contribution < -0.4 is 16.0 Å². The first-order valence-corrected chi connectivity index (χ1v) is 10.7. The molecule has 0 aromatic heterocycles. The number of esters is 1. The van der Waals surface area contributed by atoms with Gasteiger partial charge in [0.2, 0.25) is 0 Å². The standard InChI is InChI=1S/C20H29N3O5S/c1-12(2)21-20(27)23-17(24)14(4)28-19(26)16(9-10-29-5)22-18(25)15-8-6-7-13(3)11-15/h6-8,11-12,14,16H,9-10H2,1-5H3,(H,22,25)(H2,21,23,24,27)/t14-,16+/m1/s1.